The molecule has 1 aromatic heterocycles. The van der Waals surface area contributed by atoms with Gasteiger partial charge in [0.2, 0.25) is 0 Å². The van der Waals surface area contributed by atoms with Gasteiger partial charge in [-0.25, -0.2) is 0 Å². The van der Waals surface area contributed by atoms with Crippen molar-refractivity contribution in [3.63, 3.8) is 0 Å². The Kier molecular flexibility index (Phi) is 5.50. The van der Waals surface area contributed by atoms with E-state index in [0.717, 1.165) is 24.3 Å². The lowest BCUT2D eigenvalue weighted by Gasteiger charge is -2.16. The molecule has 0 unspecified atom stereocenters. The molecule has 8 nitrogen and oxygen atoms in total. The van der Waals surface area contributed by atoms with Crippen LogP contribution in [0.1, 0.15) is 17.7 Å². The van der Waals surface area contributed by atoms with Crippen LogP contribution in [-0.4, -0.2) is 33.0 Å². The Morgan fingerprint density at radius 1 is 0.903 bits per heavy atom. The molecular weight excluding hydrogens is 484 g/mol. The number of halogens is 6. The zero-order valence-electron chi connectivity index (χ0n) is 14.7. The number of aryl methyl sites for hydroxylation is 1. The molecule has 1 heterocycles. The Labute approximate surface area is 170 Å². The number of benzene rings is 1. The number of allylic oxidation sites excluding steroid dienone is 1. The summed E-state index contributed by atoms with van der Waals surface area (Å²) in [5, 5.41) is 3.54. The minimum atomic E-state index is -6.10. The smallest absolute Gasteiger partial charge is 0.376 e. The molecule has 0 radical (unpaired) electrons. The predicted octanol–water partition coefficient (Wildman–Crippen LogP) is 3.72. The van der Waals surface area contributed by atoms with Crippen LogP contribution >= 0.6 is 0 Å². The van der Waals surface area contributed by atoms with Crippen molar-refractivity contribution in [2.24, 2.45) is 0 Å². The molecule has 31 heavy (non-hydrogen) atoms. The maximum Gasteiger partial charge on any atom is 0.534 e. The van der Waals surface area contributed by atoms with Gasteiger partial charge in [-0.3, -0.25) is 0 Å². The van der Waals surface area contributed by atoms with Gasteiger partial charge in [-0.15, -0.1) is 0 Å². The maximum atomic E-state index is 12.7. The summed E-state index contributed by atoms with van der Waals surface area (Å²) in [4.78, 5) is 0. The number of para-hydroxylation sites is 1. The molecule has 3 rings (SSSR count). The fourth-order valence-electron chi connectivity index (χ4n) is 2.51. The SMILES string of the molecule is O=S(=O)(OC1=CCCc2onc(-c3ccccc3OS(=O)(=O)C(F)(F)F)c21)C(F)(F)F. The Hall–Kier alpha value is -2.75. The van der Waals surface area contributed by atoms with Crippen LogP contribution in [0.5, 0.6) is 5.75 Å². The van der Waals surface area contributed by atoms with Gasteiger partial charge in [-0.05, 0) is 24.6 Å². The summed E-state index contributed by atoms with van der Waals surface area (Å²) in [5.74, 6) is -1.83. The molecule has 0 bridgehead atoms. The highest BCUT2D eigenvalue weighted by molar-refractivity contribution is 7.88. The van der Waals surface area contributed by atoms with Gasteiger partial charge in [0.25, 0.3) is 0 Å². The first-order valence-electron chi connectivity index (χ1n) is 7.94. The first kappa shape index (κ1) is 22.9. The van der Waals surface area contributed by atoms with Crippen LogP contribution in [0.15, 0.2) is 34.9 Å². The fourth-order valence-corrected chi connectivity index (χ4v) is 3.47. The van der Waals surface area contributed by atoms with Crippen LogP contribution in [-0.2, 0) is 30.8 Å². The number of rotatable bonds is 5. The minimum Gasteiger partial charge on any atom is -0.376 e. The second kappa shape index (κ2) is 7.44. The predicted molar refractivity (Wildman–Crippen MR) is 89.9 cm³/mol. The van der Waals surface area contributed by atoms with Crippen molar-refractivity contribution in [2.75, 3.05) is 0 Å². The molecule has 0 atom stereocenters. The van der Waals surface area contributed by atoms with Crippen LogP contribution in [0.25, 0.3) is 17.0 Å². The highest BCUT2D eigenvalue weighted by Crippen LogP contribution is 2.42. The summed E-state index contributed by atoms with van der Waals surface area (Å²) in [6.07, 6.45) is 1.04. The number of aromatic nitrogens is 1. The third-order valence-electron chi connectivity index (χ3n) is 3.82. The number of alkyl halides is 6. The van der Waals surface area contributed by atoms with Crippen LogP contribution in [0.3, 0.4) is 0 Å². The number of nitrogens with zero attached hydrogens (tertiary/aromatic N) is 1. The third-order valence-corrected chi connectivity index (χ3v) is 5.75. The molecule has 0 aliphatic heterocycles. The lowest BCUT2D eigenvalue weighted by molar-refractivity contribution is -0.0511. The molecule has 0 fully saturated rings. The molecule has 1 aliphatic carbocycles. The van der Waals surface area contributed by atoms with Crippen molar-refractivity contribution in [3.05, 3.63) is 41.7 Å². The Morgan fingerprint density at radius 2 is 1.48 bits per heavy atom. The van der Waals surface area contributed by atoms with E-state index in [1.54, 1.807) is 0 Å². The molecule has 0 saturated heterocycles. The lowest BCUT2D eigenvalue weighted by atomic mass is 9.98. The molecule has 2 aromatic rings. The number of fused-ring (bicyclic) bond motifs is 1. The van der Waals surface area contributed by atoms with Gasteiger partial charge in [-0.2, -0.15) is 43.2 Å². The van der Waals surface area contributed by atoms with Crippen LogP contribution in [0.2, 0.25) is 0 Å². The summed E-state index contributed by atoms with van der Waals surface area (Å²) in [6.45, 7) is 0. The van der Waals surface area contributed by atoms with E-state index in [4.69, 9.17) is 4.52 Å². The summed E-state index contributed by atoms with van der Waals surface area (Å²) in [6, 6.07) is 4.24. The maximum absolute atomic E-state index is 12.7. The zero-order chi connectivity index (χ0) is 23.2. The average molecular weight is 493 g/mol. The minimum absolute atomic E-state index is 0.00490. The average Bonchev–Trinajstić information content (AvgIpc) is 3.05. The molecule has 1 aliphatic rings. The molecule has 0 spiro atoms. The normalized spacial score (nSPS) is 15.2. The van der Waals surface area contributed by atoms with E-state index in [1.807, 2.05) is 0 Å². The third kappa shape index (κ3) is 4.34. The Bertz CT molecular complexity index is 1240. The topological polar surface area (TPSA) is 113 Å². The van der Waals surface area contributed by atoms with Crippen LogP contribution < -0.4 is 4.18 Å². The van der Waals surface area contributed by atoms with Gasteiger partial charge in [-0.1, -0.05) is 17.3 Å². The van der Waals surface area contributed by atoms with Crippen molar-refractivity contribution in [1.82, 2.24) is 5.16 Å². The molecular formula is C15H9F6NO7S2. The molecule has 170 valence electrons. The van der Waals surface area contributed by atoms with Gasteiger partial charge in [0, 0.05) is 12.0 Å². The fraction of sp³-hybridized carbons (Fsp3) is 0.267. The monoisotopic (exact) mass is 493 g/mol. The summed E-state index contributed by atoms with van der Waals surface area (Å²) in [7, 11) is -12.2. The molecule has 16 heteroatoms. The zero-order valence-corrected chi connectivity index (χ0v) is 16.3. The second-order valence-electron chi connectivity index (χ2n) is 5.90. The largest absolute Gasteiger partial charge is 0.534 e. The number of hydrogen-bond acceptors (Lipinski definition) is 8. The Morgan fingerprint density at radius 3 is 2.10 bits per heavy atom. The van der Waals surface area contributed by atoms with Gasteiger partial charge < -0.3 is 12.9 Å². The van der Waals surface area contributed by atoms with E-state index < -0.39 is 59.6 Å². The summed E-state index contributed by atoms with van der Waals surface area (Å²) >= 11 is 0. The van der Waals surface area contributed by atoms with Crippen molar-refractivity contribution in [3.8, 4) is 17.0 Å². The van der Waals surface area contributed by atoms with Gasteiger partial charge >= 0.3 is 31.3 Å². The molecule has 0 saturated carbocycles. The molecule has 0 amide bonds. The molecule has 1 aromatic carbocycles. The summed E-state index contributed by atoms with van der Waals surface area (Å²) in [5.41, 5.74) is -12.8. The van der Waals surface area contributed by atoms with Gasteiger partial charge in [0.1, 0.15) is 11.5 Å². The van der Waals surface area contributed by atoms with Gasteiger partial charge in [0.15, 0.2) is 11.5 Å². The standard InChI is InChI=1S/C15H9F6NO7S2/c16-14(17,18)30(23,24)28-9-5-2-1-4-8(9)13-12-10(27-22-13)6-3-7-11(12)29-31(25,26)15(19,20)21/h1-2,4-5,7H,3,6H2. The van der Waals surface area contributed by atoms with Crippen molar-refractivity contribution in [2.45, 2.75) is 23.9 Å². The van der Waals surface area contributed by atoms with E-state index in [-0.39, 0.29) is 18.6 Å². The van der Waals surface area contributed by atoms with Gasteiger partial charge in [0.05, 0.1) is 5.56 Å². The van der Waals surface area contributed by atoms with Crippen molar-refractivity contribution < 1.29 is 56.1 Å². The molecule has 0 N–H and O–H groups in total. The van der Waals surface area contributed by atoms with Crippen molar-refractivity contribution in [1.29, 1.82) is 0 Å². The second-order valence-corrected chi connectivity index (χ2v) is 8.97. The quantitative estimate of drug-likeness (QED) is 0.352. The van der Waals surface area contributed by atoms with Crippen LogP contribution in [0, 0.1) is 0 Å². The summed E-state index contributed by atoms with van der Waals surface area (Å²) < 4.78 is 135. The Balaban J connectivity index is 2.10. The van der Waals surface area contributed by atoms with E-state index >= 15 is 0 Å². The first-order valence-corrected chi connectivity index (χ1v) is 10.8. The van der Waals surface area contributed by atoms with E-state index in [9.17, 15) is 43.2 Å². The van der Waals surface area contributed by atoms with Crippen LogP contribution in [0.4, 0.5) is 26.3 Å². The van der Waals surface area contributed by atoms with E-state index in [1.165, 1.54) is 6.07 Å². The van der Waals surface area contributed by atoms with E-state index in [0.29, 0.717) is 0 Å². The first-order chi connectivity index (χ1) is 14.1. The van der Waals surface area contributed by atoms with Crippen molar-refractivity contribution >= 4 is 26.0 Å². The lowest BCUT2D eigenvalue weighted by Crippen LogP contribution is -2.28. The highest BCUT2D eigenvalue weighted by atomic mass is 32.2. The highest BCUT2D eigenvalue weighted by Gasteiger charge is 2.50. The number of hydrogen-bond donors (Lipinski definition) is 0. The van der Waals surface area contributed by atoms with E-state index in [2.05, 4.69) is 13.5 Å².